The zero-order chi connectivity index (χ0) is 15.5. The molecule has 0 spiro atoms. The number of hydrogen-bond donors (Lipinski definition) is 1. The molecule has 2 aromatic heterocycles. The SMILES string of the molecule is COCCN1C[C@@H](NC(=O)c2ccc3nccn3c2)CC1=O. The van der Waals surface area contributed by atoms with E-state index in [0.29, 0.717) is 31.7 Å². The number of nitrogens with one attached hydrogen (secondary N) is 1. The first kappa shape index (κ1) is 14.5. The van der Waals surface area contributed by atoms with Crippen LogP contribution >= 0.6 is 0 Å². The Balaban J connectivity index is 1.63. The molecule has 0 radical (unpaired) electrons. The summed E-state index contributed by atoms with van der Waals surface area (Å²) in [6.45, 7) is 1.59. The van der Waals surface area contributed by atoms with Crippen molar-refractivity contribution in [2.75, 3.05) is 26.8 Å². The van der Waals surface area contributed by atoms with E-state index in [4.69, 9.17) is 4.74 Å². The summed E-state index contributed by atoms with van der Waals surface area (Å²) in [6.07, 6.45) is 5.54. The Hall–Kier alpha value is -2.41. The molecule has 1 atom stereocenters. The smallest absolute Gasteiger partial charge is 0.253 e. The number of nitrogens with zero attached hydrogens (tertiary/aromatic N) is 3. The minimum absolute atomic E-state index is 0.0485. The van der Waals surface area contributed by atoms with Gasteiger partial charge in [-0.3, -0.25) is 9.59 Å². The van der Waals surface area contributed by atoms with Crippen LogP contribution in [-0.2, 0) is 9.53 Å². The number of fused-ring (bicyclic) bond motifs is 1. The fraction of sp³-hybridized carbons (Fsp3) is 0.400. The molecular weight excluding hydrogens is 284 g/mol. The maximum atomic E-state index is 12.3. The van der Waals surface area contributed by atoms with Crippen molar-refractivity contribution in [3.63, 3.8) is 0 Å². The van der Waals surface area contributed by atoms with Crippen molar-refractivity contribution < 1.29 is 14.3 Å². The predicted molar refractivity (Wildman–Crippen MR) is 79.5 cm³/mol. The highest BCUT2D eigenvalue weighted by molar-refractivity contribution is 5.95. The van der Waals surface area contributed by atoms with E-state index in [1.54, 1.807) is 47.1 Å². The molecule has 1 fully saturated rings. The van der Waals surface area contributed by atoms with Crippen molar-refractivity contribution in [2.24, 2.45) is 0 Å². The lowest BCUT2D eigenvalue weighted by Gasteiger charge is -2.16. The second kappa shape index (κ2) is 6.15. The Morgan fingerprint density at radius 3 is 3.18 bits per heavy atom. The van der Waals surface area contributed by atoms with Crippen molar-refractivity contribution >= 4 is 17.5 Å². The second-order valence-corrected chi connectivity index (χ2v) is 5.32. The summed E-state index contributed by atoms with van der Waals surface area (Å²) in [5.74, 6) is -0.130. The first-order valence-corrected chi connectivity index (χ1v) is 7.17. The van der Waals surface area contributed by atoms with Crippen LogP contribution in [0, 0.1) is 0 Å². The Bertz CT molecular complexity index is 697. The first-order chi connectivity index (χ1) is 10.7. The van der Waals surface area contributed by atoms with Gasteiger partial charge in [0.2, 0.25) is 5.91 Å². The third kappa shape index (κ3) is 2.94. The molecule has 0 aliphatic carbocycles. The van der Waals surface area contributed by atoms with Gasteiger partial charge in [0.25, 0.3) is 5.91 Å². The van der Waals surface area contributed by atoms with Gasteiger partial charge in [-0.05, 0) is 12.1 Å². The van der Waals surface area contributed by atoms with Gasteiger partial charge in [-0.15, -0.1) is 0 Å². The minimum Gasteiger partial charge on any atom is -0.383 e. The van der Waals surface area contributed by atoms with Crippen LogP contribution in [0.15, 0.2) is 30.7 Å². The number of methoxy groups -OCH3 is 1. The largest absolute Gasteiger partial charge is 0.383 e. The molecule has 0 saturated carbocycles. The fourth-order valence-corrected chi connectivity index (χ4v) is 2.61. The molecule has 116 valence electrons. The topological polar surface area (TPSA) is 75.9 Å². The molecule has 3 heterocycles. The summed E-state index contributed by atoms with van der Waals surface area (Å²) in [4.78, 5) is 30.0. The first-order valence-electron chi connectivity index (χ1n) is 7.17. The molecule has 0 unspecified atom stereocenters. The number of carbonyl (C=O) groups is 2. The van der Waals surface area contributed by atoms with Crippen LogP contribution in [0.2, 0.25) is 0 Å². The Morgan fingerprint density at radius 2 is 2.36 bits per heavy atom. The molecule has 1 aliphatic heterocycles. The average molecular weight is 302 g/mol. The molecule has 3 rings (SSSR count). The van der Waals surface area contributed by atoms with Crippen molar-refractivity contribution in [2.45, 2.75) is 12.5 Å². The number of pyridine rings is 1. The number of carbonyl (C=O) groups excluding carboxylic acids is 2. The van der Waals surface area contributed by atoms with E-state index in [2.05, 4.69) is 10.3 Å². The summed E-state index contributed by atoms with van der Waals surface area (Å²) in [5.41, 5.74) is 1.34. The lowest BCUT2D eigenvalue weighted by molar-refractivity contribution is -0.128. The van der Waals surface area contributed by atoms with Gasteiger partial charge < -0.3 is 19.4 Å². The van der Waals surface area contributed by atoms with Gasteiger partial charge in [-0.1, -0.05) is 0 Å². The standard InChI is InChI=1S/C15H18N4O3/c1-22-7-6-19-10-12(8-14(19)20)17-15(21)11-2-3-13-16-4-5-18(13)9-11/h2-5,9,12H,6-8,10H2,1H3,(H,17,21)/t12-/m0/s1. The number of ether oxygens (including phenoxy) is 1. The highest BCUT2D eigenvalue weighted by Gasteiger charge is 2.30. The van der Waals surface area contributed by atoms with E-state index in [9.17, 15) is 9.59 Å². The lowest BCUT2D eigenvalue weighted by atomic mass is 10.2. The number of likely N-dealkylation sites (tertiary alicyclic amines) is 1. The number of rotatable bonds is 5. The molecular formula is C15H18N4O3. The second-order valence-electron chi connectivity index (χ2n) is 5.32. The summed E-state index contributed by atoms with van der Waals surface area (Å²) >= 11 is 0. The summed E-state index contributed by atoms with van der Waals surface area (Å²) in [7, 11) is 1.60. The predicted octanol–water partition coefficient (Wildman–Crippen LogP) is 0.311. The van der Waals surface area contributed by atoms with Gasteiger partial charge in [0, 0.05) is 45.2 Å². The molecule has 1 N–H and O–H groups in total. The third-order valence-corrected chi connectivity index (χ3v) is 3.77. The van der Waals surface area contributed by atoms with E-state index in [0.717, 1.165) is 5.65 Å². The van der Waals surface area contributed by atoms with Crippen molar-refractivity contribution in [1.82, 2.24) is 19.6 Å². The Morgan fingerprint density at radius 1 is 1.50 bits per heavy atom. The van der Waals surface area contributed by atoms with Crippen LogP contribution in [0.5, 0.6) is 0 Å². The molecule has 0 aromatic carbocycles. The summed E-state index contributed by atoms with van der Waals surface area (Å²) in [6, 6.07) is 3.37. The zero-order valence-electron chi connectivity index (χ0n) is 12.4. The van der Waals surface area contributed by atoms with E-state index in [1.165, 1.54) is 0 Å². The average Bonchev–Trinajstić information content (AvgIpc) is 3.10. The minimum atomic E-state index is -0.179. The van der Waals surface area contributed by atoms with E-state index < -0.39 is 0 Å². The van der Waals surface area contributed by atoms with E-state index >= 15 is 0 Å². The van der Waals surface area contributed by atoms with Gasteiger partial charge in [0.15, 0.2) is 0 Å². The normalized spacial score (nSPS) is 18.1. The maximum Gasteiger partial charge on any atom is 0.253 e. The van der Waals surface area contributed by atoms with Crippen LogP contribution in [0.3, 0.4) is 0 Å². The van der Waals surface area contributed by atoms with Crippen LogP contribution in [-0.4, -0.2) is 58.9 Å². The number of hydrogen-bond acceptors (Lipinski definition) is 4. The van der Waals surface area contributed by atoms with Gasteiger partial charge in [0.05, 0.1) is 18.2 Å². The third-order valence-electron chi connectivity index (χ3n) is 3.77. The van der Waals surface area contributed by atoms with Gasteiger partial charge in [-0.2, -0.15) is 0 Å². The van der Waals surface area contributed by atoms with Gasteiger partial charge >= 0.3 is 0 Å². The monoisotopic (exact) mass is 302 g/mol. The van der Waals surface area contributed by atoms with Crippen molar-refractivity contribution in [3.05, 3.63) is 36.3 Å². The molecule has 2 aromatic rings. The van der Waals surface area contributed by atoms with Crippen LogP contribution in [0.25, 0.3) is 5.65 Å². The maximum absolute atomic E-state index is 12.3. The van der Waals surface area contributed by atoms with E-state index in [1.807, 2.05) is 0 Å². The molecule has 2 amide bonds. The number of aromatic nitrogens is 2. The van der Waals surface area contributed by atoms with Gasteiger partial charge in [0.1, 0.15) is 5.65 Å². The number of imidazole rings is 1. The van der Waals surface area contributed by atoms with Crippen LogP contribution < -0.4 is 5.32 Å². The molecule has 1 aliphatic rings. The fourth-order valence-electron chi connectivity index (χ4n) is 2.61. The Kier molecular flexibility index (Phi) is 4.06. The summed E-state index contributed by atoms with van der Waals surface area (Å²) in [5, 5.41) is 2.91. The van der Waals surface area contributed by atoms with Crippen LogP contribution in [0.1, 0.15) is 16.8 Å². The Labute approximate surface area is 127 Å². The zero-order valence-corrected chi connectivity index (χ0v) is 12.4. The molecule has 0 bridgehead atoms. The van der Waals surface area contributed by atoms with E-state index in [-0.39, 0.29) is 17.9 Å². The van der Waals surface area contributed by atoms with Crippen molar-refractivity contribution in [3.8, 4) is 0 Å². The van der Waals surface area contributed by atoms with Gasteiger partial charge in [-0.25, -0.2) is 4.98 Å². The molecule has 7 nitrogen and oxygen atoms in total. The molecule has 7 heteroatoms. The van der Waals surface area contributed by atoms with Crippen molar-refractivity contribution in [1.29, 1.82) is 0 Å². The molecule has 1 saturated heterocycles. The highest BCUT2D eigenvalue weighted by atomic mass is 16.5. The molecule has 22 heavy (non-hydrogen) atoms. The van der Waals surface area contributed by atoms with Crippen LogP contribution in [0.4, 0.5) is 0 Å². The summed E-state index contributed by atoms with van der Waals surface area (Å²) < 4.78 is 6.77. The quantitative estimate of drug-likeness (QED) is 0.862. The lowest BCUT2D eigenvalue weighted by Crippen LogP contribution is -2.37. The number of amides is 2. The highest BCUT2D eigenvalue weighted by Crippen LogP contribution is 2.12.